The zero-order valence-electron chi connectivity index (χ0n) is 11.1. The topological polar surface area (TPSA) is 79.8 Å². The van der Waals surface area contributed by atoms with Crippen molar-refractivity contribution in [2.75, 3.05) is 7.05 Å². The van der Waals surface area contributed by atoms with Gasteiger partial charge in [-0.05, 0) is 24.3 Å². The molecule has 21 heavy (non-hydrogen) atoms. The molecule has 6 nitrogen and oxygen atoms in total. The van der Waals surface area contributed by atoms with Gasteiger partial charge in [0.25, 0.3) is 5.91 Å². The molecule has 0 aliphatic rings. The molecule has 0 unspecified atom stereocenters. The Kier molecular flexibility index (Phi) is 3.02. The molecule has 7 heteroatoms. The Balaban J connectivity index is 2.19. The molecule has 0 aliphatic carbocycles. The molecule has 0 atom stereocenters. The molecule has 0 fully saturated rings. The SMILES string of the molecule is CNC(=O)c1ccc(-n2c(=O)[nH]c3cccc(F)c32)cn1. The van der Waals surface area contributed by atoms with Crippen molar-refractivity contribution in [1.29, 1.82) is 0 Å². The van der Waals surface area contributed by atoms with Crippen molar-refractivity contribution < 1.29 is 9.18 Å². The molecule has 0 saturated heterocycles. The molecule has 106 valence electrons. The molecule has 1 amide bonds. The van der Waals surface area contributed by atoms with Gasteiger partial charge < -0.3 is 10.3 Å². The number of nitrogens with zero attached hydrogens (tertiary/aromatic N) is 2. The van der Waals surface area contributed by atoms with E-state index in [0.29, 0.717) is 11.2 Å². The molecular weight excluding hydrogens is 275 g/mol. The van der Waals surface area contributed by atoms with Crippen LogP contribution in [0.3, 0.4) is 0 Å². The second kappa shape index (κ2) is 4.86. The van der Waals surface area contributed by atoms with Crippen LogP contribution in [0.15, 0.2) is 41.3 Å². The first-order valence-electron chi connectivity index (χ1n) is 6.19. The number of rotatable bonds is 2. The minimum atomic E-state index is -0.513. The third kappa shape index (κ3) is 2.08. The summed E-state index contributed by atoms with van der Waals surface area (Å²) in [7, 11) is 1.50. The molecule has 0 saturated carbocycles. The van der Waals surface area contributed by atoms with Crippen molar-refractivity contribution in [3.05, 3.63) is 58.5 Å². The number of halogens is 1. The minimum Gasteiger partial charge on any atom is -0.354 e. The molecule has 1 aromatic carbocycles. The highest BCUT2D eigenvalue weighted by Crippen LogP contribution is 2.18. The first-order chi connectivity index (χ1) is 10.1. The smallest absolute Gasteiger partial charge is 0.331 e. The number of para-hydroxylation sites is 1. The quantitative estimate of drug-likeness (QED) is 0.743. The summed E-state index contributed by atoms with van der Waals surface area (Å²) in [5.74, 6) is -0.847. The summed E-state index contributed by atoms with van der Waals surface area (Å²) in [5.41, 5.74) is 0.676. The van der Waals surface area contributed by atoms with E-state index < -0.39 is 11.5 Å². The van der Waals surface area contributed by atoms with Crippen LogP contribution < -0.4 is 11.0 Å². The lowest BCUT2D eigenvalue weighted by Gasteiger charge is -2.05. The Labute approximate surface area is 118 Å². The molecular formula is C14H11FN4O2. The standard InChI is InChI=1S/C14H11FN4O2/c1-16-13(20)11-6-5-8(7-17-11)19-12-9(15)3-2-4-10(12)18-14(19)21/h2-7H,1H3,(H,16,20)(H,18,21). The van der Waals surface area contributed by atoms with E-state index in [2.05, 4.69) is 15.3 Å². The number of aromatic nitrogens is 3. The average Bonchev–Trinajstić information content (AvgIpc) is 2.84. The van der Waals surface area contributed by atoms with Crippen molar-refractivity contribution in [2.45, 2.75) is 0 Å². The third-order valence-corrected chi connectivity index (χ3v) is 3.12. The zero-order valence-corrected chi connectivity index (χ0v) is 11.1. The van der Waals surface area contributed by atoms with Crippen LogP contribution in [-0.4, -0.2) is 27.5 Å². The van der Waals surface area contributed by atoms with Gasteiger partial charge >= 0.3 is 5.69 Å². The van der Waals surface area contributed by atoms with Crippen LogP contribution in [0.25, 0.3) is 16.7 Å². The molecule has 2 N–H and O–H groups in total. The van der Waals surface area contributed by atoms with Gasteiger partial charge in [-0.2, -0.15) is 0 Å². The summed E-state index contributed by atoms with van der Waals surface area (Å²) in [5, 5.41) is 2.45. The van der Waals surface area contributed by atoms with Gasteiger partial charge in [0.05, 0.1) is 17.4 Å². The molecule has 3 aromatic rings. The van der Waals surface area contributed by atoms with Crippen LogP contribution in [0.4, 0.5) is 4.39 Å². The lowest BCUT2D eigenvalue weighted by molar-refractivity contribution is 0.0958. The van der Waals surface area contributed by atoms with Gasteiger partial charge in [0.1, 0.15) is 17.0 Å². The largest absolute Gasteiger partial charge is 0.354 e. The molecule has 0 bridgehead atoms. The predicted molar refractivity (Wildman–Crippen MR) is 75.0 cm³/mol. The first-order valence-corrected chi connectivity index (χ1v) is 6.19. The lowest BCUT2D eigenvalue weighted by Crippen LogP contribution is -2.20. The highest BCUT2D eigenvalue weighted by molar-refractivity contribution is 5.92. The van der Waals surface area contributed by atoms with Gasteiger partial charge in [-0.15, -0.1) is 0 Å². The van der Waals surface area contributed by atoms with Crippen molar-refractivity contribution in [3.8, 4) is 5.69 Å². The fourth-order valence-electron chi connectivity index (χ4n) is 2.14. The van der Waals surface area contributed by atoms with Crippen LogP contribution >= 0.6 is 0 Å². The maximum atomic E-state index is 13.9. The Morgan fingerprint density at radius 3 is 2.81 bits per heavy atom. The summed E-state index contributed by atoms with van der Waals surface area (Å²) in [4.78, 5) is 30.0. The van der Waals surface area contributed by atoms with Crippen molar-refractivity contribution in [2.24, 2.45) is 0 Å². The number of amides is 1. The van der Waals surface area contributed by atoms with E-state index in [9.17, 15) is 14.0 Å². The fourth-order valence-corrected chi connectivity index (χ4v) is 2.14. The summed E-state index contributed by atoms with van der Waals surface area (Å²) in [6.07, 6.45) is 1.35. The predicted octanol–water partition coefficient (Wildman–Crippen LogP) is 1.21. The number of benzene rings is 1. The van der Waals surface area contributed by atoms with E-state index in [1.54, 1.807) is 12.1 Å². The Morgan fingerprint density at radius 1 is 1.33 bits per heavy atom. The number of fused-ring (bicyclic) bond motifs is 1. The molecule has 2 aromatic heterocycles. The highest BCUT2D eigenvalue weighted by Gasteiger charge is 2.13. The van der Waals surface area contributed by atoms with E-state index in [4.69, 9.17) is 0 Å². The maximum Gasteiger partial charge on any atom is 0.331 e. The number of hydrogen-bond donors (Lipinski definition) is 2. The van der Waals surface area contributed by atoms with Crippen LogP contribution in [0.5, 0.6) is 0 Å². The molecule has 2 heterocycles. The number of pyridine rings is 1. The Morgan fingerprint density at radius 2 is 2.14 bits per heavy atom. The van der Waals surface area contributed by atoms with Gasteiger partial charge in [-0.3, -0.25) is 9.36 Å². The average molecular weight is 286 g/mol. The van der Waals surface area contributed by atoms with E-state index in [-0.39, 0.29) is 17.1 Å². The number of nitrogens with one attached hydrogen (secondary N) is 2. The molecule has 0 aliphatic heterocycles. The van der Waals surface area contributed by atoms with E-state index in [0.717, 1.165) is 0 Å². The summed E-state index contributed by atoms with van der Waals surface area (Å²) in [6.45, 7) is 0. The second-order valence-electron chi connectivity index (χ2n) is 4.38. The van der Waals surface area contributed by atoms with Gasteiger partial charge in [-0.1, -0.05) is 6.07 Å². The van der Waals surface area contributed by atoms with E-state index in [1.807, 2.05) is 0 Å². The monoisotopic (exact) mass is 286 g/mol. The van der Waals surface area contributed by atoms with Gasteiger partial charge in [0, 0.05) is 7.05 Å². The van der Waals surface area contributed by atoms with E-state index in [1.165, 1.54) is 36.0 Å². The lowest BCUT2D eigenvalue weighted by atomic mass is 10.3. The Hall–Kier alpha value is -2.96. The number of aromatic amines is 1. The van der Waals surface area contributed by atoms with Crippen LogP contribution in [0, 0.1) is 5.82 Å². The third-order valence-electron chi connectivity index (χ3n) is 3.12. The molecule has 3 rings (SSSR count). The molecule has 0 radical (unpaired) electrons. The molecule has 0 spiro atoms. The van der Waals surface area contributed by atoms with Crippen LogP contribution in [0.1, 0.15) is 10.5 Å². The van der Waals surface area contributed by atoms with Crippen molar-refractivity contribution >= 4 is 16.9 Å². The van der Waals surface area contributed by atoms with Crippen molar-refractivity contribution in [1.82, 2.24) is 19.9 Å². The zero-order chi connectivity index (χ0) is 15.0. The Bertz CT molecular complexity index is 880. The first kappa shape index (κ1) is 13.0. The van der Waals surface area contributed by atoms with Gasteiger partial charge in [-0.25, -0.2) is 14.2 Å². The number of H-pyrrole nitrogens is 1. The normalized spacial score (nSPS) is 10.8. The summed E-state index contributed by atoms with van der Waals surface area (Å²) >= 11 is 0. The van der Waals surface area contributed by atoms with E-state index >= 15 is 0 Å². The second-order valence-corrected chi connectivity index (χ2v) is 4.38. The fraction of sp³-hybridized carbons (Fsp3) is 0.0714. The van der Waals surface area contributed by atoms with Crippen molar-refractivity contribution in [3.63, 3.8) is 0 Å². The van der Waals surface area contributed by atoms with Gasteiger partial charge in [0.2, 0.25) is 0 Å². The van der Waals surface area contributed by atoms with Crippen LogP contribution in [-0.2, 0) is 0 Å². The number of imidazole rings is 1. The minimum absolute atomic E-state index is 0.150. The van der Waals surface area contributed by atoms with Crippen LogP contribution in [0.2, 0.25) is 0 Å². The number of hydrogen-bond acceptors (Lipinski definition) is 3. The summed E-state index contributed by atoms with van der Waals surface area (Å²) in [6, 6.07) is 7.42. The van der Waals surface area contributed by atoms with Gasteiger partial charge in [0.15, 0.2) is 0 Å². The summed E-state index contributed by atoms with van der Waals surface area (Å²) < 4.78 is 15.1. The highest BCUT2D eigenvalue weighted by atomic mass is 19.1. The maximum absolute atomic E-state index is 13.9. The number of carbonyl (C=O) groups is 1. The number of carbonyl (C=O) groups excluding carboxylic acids is 1.